The lowest BCUT2D eigenvalue weighted by Crippen LogP contribution is -2.33. The maximum atomic E-state index is 9.13. The molecule has 2 nitrogen and oxygen atoms in total. The predicted octanol–water partition coefficient (Wildman–Crippen LogP) is 1.31. The van der Waals surface area contributed by atoms with Gasteiger partial charge in [-0.2, -0.15) is 0 Å². The van der Waals surface area contributed by atoms with Crippen molar-refractivity contribution >= 4 is 0 Å². The molecule has 2 aliphatic rings. The van der Waals surface area contributed by atoms with Crippen LogP contribution in [0.25, 0.3) is 0 Å². The molecule has 0 atom stereocenters. The van der Waals surface area contributed by atoms with E-state index in [0.717, 1.165) is 12.8 Å². The molecule has 0 bridgehead atoms. The number of aliphatic hydroxyl groups is 1. The summed E-state index contributed by atoms with van der Waals surface area (Å²) in [6, 6.07) is 0. The van der Waals surface area contributed by atoms with Gasteiger partial charge in [-0.05, 0) is 25.0 Å². The first-order chi connectivity index (χ1) is 5.86. The highest BCUT2D eigenvalue weighted by Gasteiger charge is 2.29. The average Bonchev–Trinajstić information content (AvgIpc) is 2.26. The van der Waals surface area contributed by atoms with Gasteiger partial charge in [-0.3, -0.25) is 0 Å². The van der Waals surface area contributed by atoms with Crippen LogP contribution in [0.3, 0.4) is 0 Å². The molecule has 12 heavy (non-hydrogen) atoms. The summed E-state index contributed by atoms with van der Waals surface area (Å²) >= 11 is 0. The Morgan fingerprint density at radius 2 is 2.08 bits per heavy atom. The van der Waals surface area contributed by atoms with Crippen LogP contribution in [0.15, 0.2) is 36.2 Å². The number of allylic oxidation sites excluding steroid dienone is 5. The first kappa shape index (κ1) is 7.62. The van der Waals surface area contributed by atoms with E-state index in [1.54, 1.807) is 0 Å². The monoisotopic (exact) mass is 163 g/mol. The second-order valence-corrected chi connectivity index (χ2v) is 3.33. The van der Waals surface area contributed by atoms with Gasteiger partial charge in [0, 0.05) is 17.8 Å². The first-order valence-corrected chi connectivity index (χ1v) is 4.34. The van der Waals surface area contributed by atoms with Gasteiger partial charge in [0.1, 0.15) is 0 Å². The molecule has 2 rings (SSSR count). The van der Waals surface area contributed by atoms with Gasteiger partial charge in [0.15, 0.2) is 0 Å². The summed E-state index contributed by atoms with van der Waals surface area (Å²) in [5.41, 5.74) is 1.23. The number of nitrogens with one attached hydrogen (secondary N) is 1. The summed E-state index contributed by atoms with van der Waals surface area (Å²) in [4.78, 5) is 0. The molecule has 0 saturated heterocycles. The lowest BCUT2D eigenvalue weighted by atomic mass is 9.80. The summed E-state index contributed by atoms with van der Waals surface area (Å²) in [6.07, 6.45) is 11.7. The van der Waals surface area contributed by atoms with Gasteiger partial charge < -0.3 is 10.4 Å². The number of rotatable bonds is 1. The fourth-order valence-corrected chi connectivity index (χ4v) is 1.57. The average molecular weight is 163 g/mol. The largest absolute Gasteiger partial charge is 0.393 e. The van der Waals surface area contributed by atoms with Crippen LogP contribution in [0.2, 0.25) is 0 Å². The fraction of sp³-hybridized carbons (Fsp3) is 0.400. The van der Waals surface area contributed by atoms with Crippen LogP contribution in [0.5, 0.6) is 0 Å². The maximum absolute atomic E-state index is 9.13. The van der Waals surface area contributed by atoms with Crippen molar-refractivity contribution < 1.29 is 5.11 Å². The van der Waals surface area contributed by atoms with Gasteiger partial charge in [0.25, 0.3) is 0 Å². The van der Waals surface area contributed by atoms with Gasteiger partial charge >= 0.3 is 0 Å². The van der Waals surface area contributed by atoms with E-state index in [9.17, 15) is 0 Å². The molecule has 2 N–H and O–H groups in total. The van der Waals surface area contributed by atoms with Crippen molar-refractivity contribution in [3.8, 4) is 0 Å². The number of hydrogen-bond acceptors (Lipinski definition) is 2. The number of aliphatic hydroxyl groups excluding tert-OH is 1. The van der Waals surface area contributed by atoms with Crippen LogP contribution in [0, 0.1) is 5.92 Å². The Kier molecular flexibility index (Phi) is 2.00. The van der Waals surface area contributed by atoms with E-state index in [0.29, 0.717) is 5.92 Å². The second kappa shape index (κ2) is 3.15. The van der Waals surface area contributed by atoms with Gasteiger partial charge in [0.05, 0.1) is 6.10 Å². The van der Waals surface area contributed by atoms with Crippen molar-refractivity contribution in [1.29, 1.82) is 0 Å². The highest BCUT2D eigenvalue weighted by atomic mass is 16.3. The molecule has 0 amide bonds. The molecule has 1 fully saturated rings. The highest BCUT2D eigenvalue weighted by molar-refractivity contribution is 5.24. The quantitative estimate of drug-likeness (QED) is 0.611. The minimum atomic E-state index is -0.0751. The number of hydrogen-bond donors (Lipinski definition) is 2. The van der Waals surface area contributed by atoms with Crippen molar-refractivity contribution in [2.24, 2.45) is 5.92 Å². The van der Waals surface area contributed by atoms with E-state index in [1.807, 2.05) is 24.4 Å². The Balaban J connectivity index is 1.99. The van der Waals surface area contributed by atoms with E-state index >= 15 is 0 Å². The summed E-state index contributed by atoms with van der Waals surface area (Å²) < 4.78 is 0. The molecule has 0 radical (unpaired) electrons. The predicted molar refractivity (Wildman–Crippen MR) is 48.2 cm³/mol. The Bertz CT molecular complexity index is 247. The minimum absolute atomic E-state index is 0.0751. The van der Waals surface area contributed by atoms with E-state index in [2.05, 4.69) is 11.4 Å². The van der Waals surface area contributed by atoms with Crippen LogP contribution < -0.4 is 5.32 Å². The fourth-order valence-electron chi connectivity index (χ4n) is 1.57. The molecule has 1 saturated carbocycles. The molecule has 64 valence electrons. The smallest absolute Gasteiger partial charge is 0.0553 e. The Labute approximate surface area is 72.3 Å². The second-order valence-electron chi connectivity index (χ2n) is 3.33. The van der Waals surface area contributed by atoms with Crippen molar-refractivity contribution in [2.75, 3.05) is 0 Å². The van der Waals surface area contributed by atoms with E-state index in [-0.39, 0.29) is 6.10 Å². The van der Waals surface area contributed by atoms with Crippen LogP contribution in [-0.4, -0.2) is 11.2 Å². The van der Waals surface area contributed by atoms with Crippen molar-refractivity contribution in [2.45, 2.75) is 18.9 Å². The molecular formula is C10H13NO. The Morgan fingerprint density at radius 3 is 2.83 bits per heavy atom. The van der Waals surface area contributed by atoms with Crippen LogP contribution in [-0.2, 0) is 0 Å². The van der Waals surface area contributed by atoms with Crippen molar-refractivity contribution in [3.05, 3.63) is 36.2 Å². The van der Waals surface area contributed by atoms with E-state index in [4.69, 9.17) is 5.11 Å². The summed E-state index contributed by atoms with van der Waals surface area (Å²) in [5, 5.41) is 12.3. The van der Waals surface area contributed by atoms with Crippen molar-refractivity contribution in [3.63, 3.8) is 0 Å². The van der Waals surface area contributed by atoms with Crippen LogP contribution >= 0.6 is 0 Å². The summed E-state index contributed by atoms with van der Waals surface area (Å²) in [5.74, 6) is 0.535. The summed E-state index contributed by atoms with van der Waals surface area (Å²) in [6.45, 7) is 0. The first-order valence-electron chi connectivity index (χ1n) is 4.34. The maximum Gasteiger partial charge on any atom is 0.0553 e. The lowest BCUT2D eigenvalue weighted by molar-refractivity contribution is 0.0563. The van der Waals surface area contributed by atoms with Gasteiger partial charge in [-0.25, -0.2) is 0 Å². The molecule has 0 aromatic rings. The van der Waals surface area contributed by atoms with Gasteiger partial charge in [0.2, 0.25) is 0 Å². The molecule has 1 heterocycles. The SMILES string of the molecule is OC1CC(C2=CC=CC=CN2)C1. The Hall–Kier alpha value is -1.02. The minimum Gasteiger partial charge on any atom is -0.393 e. The molecule has 2 heteroatoms. The van der Waals surface area contributed by atoms with E-state index < -0.39 is 0 Å². The van der Waals surface area contributed by atoms with Crippen LogP contribution in [0.1, 0.15) is 12.8 Å². The topological polar surface area (TPSA) is 32.3 Å². The van der Waals surface area contributed by atoms with Gasteiger partial charge in [-0.1, -0.05) is 12.2 Å². The molecule has 1 aliphatic carbocycles. The van der Waals surface area contributed by atoms with Crippen molar-refractivity contribution in [1.82, 2.24) is 5.32 Å². The zero-order chi connectivity index (χ0) is 8.39. The Morgan fingerprint density at radius 1 is 1.25 bits per heavy atom. The third-order valence-electron chi connectivity index (χ3n) is 2.40. The molecule has 0 aromatic carbocycles. The third kappa shape index (κ3) is 1.43. The zero-order valence-electron chi connectivity index (χ0n) is 6.90. The molecule has 0 unspecified atom stereocenters. The highest BCUT2D eigenvalue weighted by Crippen LogP contribution is 2.32. The molecule has 0 spiro atoms. The zero-order valence-corrected chi connectivity index (χ0v) is 6.90. The van der Waals surface area contributed by atoms with Gasteiger partial charge in [-0.15, -0.1) is 0 Å². The van der Waals surface area contributed by atoms with Crippen LogP contribution in [0.4, 0.5) is 0 Å². The van der Waals surface area contributed by atoms with E-state index in [1.165, 1.54) is 5.70 Å². The standard InChI is InChI=1S/C10H13NO/c12-9-6-8(7-9)10-4-2-1-3-5-11-10/h1-5,8-9,11-12H,6-7H2. The molecule has 1 aliphatic heterocycles. The normalized spacial score (nSPS) is 33.2. The summed E-state index contributed by atoms with van der Waals surface area (Å²) in [7, 11) is 0. The molecular weight excluding hydrogens is 150 g/mol. The molecule has 0 aromatic heterocycles. The lowest BCUT2D eigenvalue weighted by Gasteiger charge is -2.33. The third-order valence-corrected chi connectivity index (χ3v) is 2.40.